The number of rotatable bonds is 2. The third kappa shape index (κ3) is 1.74. The van der Waals surface area contributed by atoms with Gasteiger partial charge in [0.2, 0.25) is 11.7 Å². The van der Waals surface area contributed by atoms with Crippen molar-refractivity contribution in [3.8, 4) is 11.6 Å². The lowest BCUT2D eigenvalue weighted by Crippen LogP contribution is -2.26. The highest BCUT2D eigenvalue weighted by Crippen LogP contribution is 2.25. The van der Waals surface area contributed by atoms with Gasteiger partial charge in [0.05, 0.1) is 6.26 Å². The zero-order valence-corrected chi connectivity index (χ0v) is 8.85. The number of furan rings is 1. The number of piperidine rings is 1. The SMILES string of the molecule is c1coc(-c2noc(C3CCNCC3)n2)c1. The first-order chi connectivity index (χ1) is 7.93. The molecule has 0 saturated carbocycles. The Morgan fingerprint density at radius 3 is 2.94 bits per heavy atom. The van der Waals surface area contributed by atoms with Gasteiger partial charge >= 0.3 is 0 Å². The van der Waals surface area contributed by atoms with Crippen LogP contribution in [0.5, 0.6) is 0 Å². The van der Waals surface area contributed by atoms with E-state index in [2.05, 4.69) is 15.5 Å². The smallest absolute Gasteiger partial charge is 0.238 e. The summed E-state index contributed by atoms with van der Waals surface area (Å²) in [6.45, 7) is 2.03. The van der Waals surface area contributed by atoms with E-state index < -0.39 is 0 Å². The molecule has 1 aliphatic rings. The van der Waals surface area contributed by atoms with Gasteiger partial charge in [-0.1, -0.05) is 5.16 Å². The molecule has 0 radical (unpaired) electrons. The summed E-state index contributed by atoms with van der Waals surface area (Å²) in [6.07, 6.45) is 3.72. The summed E-state index contributed by atoms with van der Waals surface area (Å²) in [5.41, 5.74) is 0. The quantitative estimate of drug-likeness (QED) is 0.834. The molecule has 0 bridgehead atoms. The van der Waals surface area contributed by atoms with E-state index in [0.717, 1.165) is 31.8 Å². The second-order valence-corrected chi connectivity index (χ2v) is 3.96. The highest BCUT2D eigenvalue weighted by atomic mass is 16.5. The van der Waals surface area contributed by atoms with Crippen molar-refractivity contribution in [1.29, 1.82) is 0 Å². The summed E-state index contributed by atoms with van der Waals surface area (Å²) in [5.74, 6) is 2.31. The van der Waals surface area contributed by atoms with Crippen LogP contribution in [0, 0.1) is 0 Å². The highest BCUT2D eigenvalue weighted by Gasteiger charge is 2.22. The standard InChI is InChI=1S/C11H13N3O2/c1-2-9(15-7-1)10-13-11(16-14-10)8-3-5-12-6-4-8/h1-2,7-8,12H,3-6H2. The molecular weight excluding hydrogens is 206 g/mol. The van der Waals surface area contributed by atoms with Gasteiger partial charge in [-0.3, -0.25) is 0 Å². The monoisotopic (exact) mass is 219 g/mol. The number of nitrogens with one attached hydrogen (secondary N) is 1. The van der Waals surface area contributed by atoms with E-state index in [0.29, 0.717) is 17.5 Å². The molecule has 0 aliphatic carbocycles. The molecule has 1 saturated heterocycles. The molecule has 16 heavy (non-hydrogen) atoms. The van der Waals surface area contributed by atoms with Crippen molar-refractivity contribution in [2.45, 2.75) is 18.8 Å². The third-order valence-electron chi connectivity index (χ3n) is 2.87. The number of hydrogen-bond acceptors (Lipinski definition) is 5. The van der Waals surface area contributed by atoms with Crippen molar-refractivity contribution >= 4 is 0 Å². The van der Waals surface area contributed by atoms with E-state index in [-0.39, 0.29) is 0 Å². The summed E-state index contributed by atoms with van der Waals surface area (Å²) in [4.78, 5) is 4.38. The Morgan fingerprint density at radius 1 is 1.31 bits per heavy atom. The Morgan fingerprint density at radius 2 is 2.19 bits per heavy atom. The van der Waals surface area contributed by atoms with E-state index in [1.807, 2.05) is 12.1 Å². The minimum Gasteiger partial charge on any atom is -0.461 e. The van der Waals surface area contributed by atoms with Gasteiger partial charge in [-0.25, -0.2) is 0 Å². The third-order valence-corrected chi connectivity index (χ3v) is 2.87. The lowest BCUT2D eigenvalue weighted by molar-refractivity contribution is 0.320. The van der Waals surface area contributed by atoms with Crippen molar-refractivity contribution < 1.29 is 8.94 Å². The van der Waals surface area contributed by atoms with Crippen molar-refractivity contribution in [2.24, 2.45) is 0 Å². The van der Waals surface area contributed by atoms with E-state index in [4.69, 9.17) is 8.94 Å². The molecule has 84 valence electrons. The van der Waals surface area contributed by atoms with Crippen LogP contribution in [0.2, 0.25) is 0 Å². The average molecular weight is 219 g/mol. The van der Waals surface area contributed by atoms with Crippen LogP contribution in [-0.4, -0.2) is 23.2 Å². The second-order valence-electron chi connectivity index (χ2n) is 3.96. The van der Waals surface area contributed by atoms with E-state index >= 15 is 0 Å². The molecule has 2 aromatic heterocycles. The first-order valence-electron chi connectivity index (χ1n) is 5.51. The Balaban J connectivity index is 1.82. The van der Waals surface area contributed by atoms with E-state index in [9.17, 15) is 0 Å². The van der Waals surface area contributed by atoms with Gasteiger partial charge in [-0.2, -0.15) is 4.98 Å². The minimum absolute atomic E-state index is 0.387. The Bertz CT molecular complexity index is 444. The van der Waals surface area contributed by atoms with E-state index in [1.165, 1.54) is 0 Å². The summed E-state index contributed by atoms with van der Waals surface area (Å²) < 4.78 is 10.5. The molecule has 0 spiro atoms. The van der Waals surface area contributed by atoms with Crippen LogP contribution < -0.4 is 5.32 Å². The minimum atomic E-state index is 0.387. The Hall–Kier alpha value is -1.62. The normalized spacial score (nSPS) is 17.8. The second kappa shape index (κ2) is 4.09. The maximum Gasteiger partial charge on any atom is 0.238 e. The molecule has 0 atom stereocenters. The number of aromatic nitrogens is 2. The Labute approximate surface area is 92.8 Å². The van der Waals surface area contributed by atoms with E-state index in [1.54, 1.807) is 6.26 Å². The maximum absolute atomic E-state index is 5.28. The number of hydrogen-bond donors (Lipinski definition) is 1. The first kappa shape index (κ1) is 9.59. The molecule has 3 rings (SSSR count). The number of nitrogens with zero attached hydrogens (tertiary/aromatic N) is 2. The van der Waals surface area contributed by atoms with Gasteiger partial charge in [0, 0.05) is 5.92 Å². The average Bonchev–Trinajstić information content (AvgIpc) is 3.01. The van der Waals surface area contributed by atoms with Crippen LogP contribution in [0.15, 0.2) is 27.3 Å². The highest BCUT2D eigenvalue weighted by molar-refractivity contribution is 5.44. The molecular formula is C11H13N3O2. The molecule has 1 fully saturated rings. The van der Waals surface area contributed by atoms with Crippen molar-refractivity contribution in [3.05, 3.63) is 24.3 Å². The van der Waals surface area contributed by atoms with Crippen molar-refractivity contribution in [3.63, 3.8) is 0 Å². The van der Waals surface area contributed by atoms with Gasteiger partial charge in [-0.15, -0.1) is 0 Å². The van der Waals surface area contributed by atoms with Crippen molar-refractivity contribution in [2.75, 3.05) is 13.1 Å². The fourth-order valence-corrected chi connectivity index (χ4v) is 1.98. The molecule has 5 nitrogen and oxygen atoms in total. The molecule has 1 N–H and O–H groups in total. The summed E-state index contributed by atoms with van der Waals surface area (Å²) in [6, 6.07) is 3.65. The lowest BCUT2D eigenvalue weighted by Gasteiger charge is -2.18. The predicted molar refractivity (Wildman–Crippen MR) is 56.8 cm³/mol. The van der Waals surface area contributed by atoms with Crippen LogP contribution in [0.4, 0.5) is 0 Å². The topological polar surface area (TPSA) is 64.1 Å². The largest absolute Gasteiger partial charge is 0.461 e. The molecule has 0 unspecified atom stereocenters. The van der Waals surface area contributed by atoms with Gasteiger partial charge in [0.1, 0.15) is 0 Å². The van der Waals surface area contributed by atoms with Crippen LogP contribution in [0.25, 0.3) is 11.6 Å². The maximum atomic E-state index is 5.28. The van der Waals surface area contributed by atoms with Crippen LogP contribution in [0.3, 0.4) is 0 Å². The first-order valence-corrected chi connectivity index (χ1v) is 5.51. The fraction of sp³-hybridized carbons (Fsp3) is 0.455. The molecule has 1 aliphatic heterocycles. The van der Waals surface area contributed by atoms with Crippen LogP contribution in [-0.2, 0) is 0 Å². The zero-order chi connectivity index (χ0) is 10.8. The fourth-order valence-electron chi connectivity index (χ4n) is 1.98. The van der Waals surface area contributed by atoms with Gasteiger partial charge in [-0.05, 0) is 38.1 Å². The molecule has 0 aromatic carbocycles. The molecule has 2 aromatic rings. The molecule has 5 heteroatoms. The zero-order valence-electron chi connectivity index (χ0n) is 8.85. The van der Waals surface area contributed by atoms with Crippen LogP contribution in [0.1, 0.15) is 24.7 Å². The molecule has 0 amide bonds. The van der Waals surface area contributed by atoms with Gasteiger partial charge in [0.25, 0.3) is 0 Å². The molecule has 3 heterocycles. The van der Waals surface area contributed by atoms with Gasteiger partial charge in [0.15, 0.2) is 5.76 Å². The Kier molecular flexibility index (Phi) is 2.46. The summed E-state index contributed by atoms with van der Waals surface area (Å²) in [7, 11) is 0. The van der Waals surface area contributed by atoms with Crippen molar-refractivity contribution in [1.82, 2.24) is 15.5 Å². The van der Waals surface area contributed by atoms with Crippen LogP contribution >= 0.6 is 0 Å². The predicted octanol–water partition coefficient (Wildman–Crippen LogP) is 1.80. The summed E-state index contributed by atoms with van der Waals surface area (Å²) in [5, 5.41) is 7.24. The van der Waals surface area contributed by atoms with Gasteiger partial charge < -0.3 is 14.3 Å². The summed E-state index contributed by atoms with van der Waals surface area (Å²) >= 11 is 0. The lowest BCUT2D eigenvalue weighted by atomic mass is 9.98.